The molecule has 0 aliphatic carbocycles. The monoisotopic (exact) mass is 441 g/mol. The van der Waals surface area contributed by atoms with E-state index in [0.717, 1.165) is 30.5 Å². The predicted molar refractivity (Wildman–Crippen MR) is 120 cm³/mol. The Balaban J connectivity index is 1.59. The zero-order valence-corrected chi connectivity index (χ0v) is 18.5. The van der Waals surface area contributed by atoms with E-state index < -0.39 is 10.0 Å². The maximum Gasteiger partial charge on any atom is 0.261 e. The number of piperidine rings is 1. The minimum absolute atomic E-state index is 0.0256. The number of hydrogen-bond donors (Lipinski definition) is 1. The summed E-state index contributed by atoms with van der Waals surface area (Å²) in [5, 5.41) is 0. The summed E-state index contributed by atoms with van der Waals surface area (Å²) in [7, 11) is -3.89. The Morgan fingerprint density at radius 1 is 1.00 bits per heavy atom. The van der Waals surface area contributed by atoms with Crippen LogP contribution in [0.5, 0.6) is 0 Å². The number of likely N-dealkylation sites (tertiary alicyclic amines) is 1. The van der Waals surface area contributed by atoms with Gasteiger partial charge in [-0.3, -0.25) is 14.3 Å². The maximum atomic E-state index is 13.1. The van der Waals surface area contributed by atoms with Crippen LogP contribution in [0, 0.1) is 0 Å². The molecule has 1 fully saturated rings. The van der Waals surface area contributed by atoms with E-state index in [4.69, 9.17) is 0 Å². The Hall–Kier alpha value is -2.87. The first-order valence-corrected chi connectivity index (χ1v) is 12.2. The zero-order valence-electron chi connectivity index (χ0n) is 17.6. The quantitative estimate of drug-likeness (QED) is 0.770. The van der Waals surface area contributed by atoms with E-state index in [-0.39, 0.29) is 22.4 Å². The first kappa shape index (κ1) is 21.4. The predicted octanol–water partition coefficient (Wildman–Crippen LogP) is 3.41. The van der Waals surface area contributed by atoms with Gasteiger partial charge in [0, 0.05) is 31.7 Å². The van der Waals surface area contributed by atoms with Crippen LogP contribution in [0.25, 0.3) is 0 Å². The lowest BCUT2D eigenvalue weighted by Gasteiger charge is -2.27. The van der Waals surface area contributed by atoms with Crippen molar-refractivity contribution in [2.24, 2.45) is 0 Å². The van der Waals surface area contributed by atoms with Gasteiger partial charge in [-0.15, -0.1) is 0 Å². The van der Waals surface area contributed by atoms with Gasteiger partial charge in [0.05, 0.1) is 16.1 Å². The molecule has 0 atom stereocenters. The Morgan fingerprint density at radius 3 is 2.48 bits per heavy atom. The number of amides is 2. The highest BCUT2D eigenvalue weighted by molar-refractivity contribution is 7.92. The number of benzene rings is 2. The molecule has 0 radical (unpaired) electrons. The fourth-order valence-corrected chi connectivity index (χ4v) is 5.35. The Kier molecular flexibility index (Phi) is 6.00. The third-order valence-electron chi connectivity index (χ3n) is 5.91. The smallest absolute Gasteiger partial charge is 0.261 e. The summed E-state index contributed by atoms with van der Waals surface area (Å²) in [5.41, 5.74) is 2.24. The van der Waals surface area contributed by atoms with Crippen LogP contribution in [0.2, 0.25) is 0 Å². The molecule has 1 N–H and O–H groups in total. The van der Waals surface area contributed by atoms with E-state index in [1.807, 2.05) is 6.92 Å². The molecule has 8 heteroatoms. The maximum absolute atomic E-state index is 13.1. The van der Waals surface area contributed by atoms with Gasteiger partial charge in [-0.2, -0.15) is 0 Å². The van der Waals surface area contributed by atoms with E-state index >= 15 is 0 Å². The van der Waals surface area contributed by atoms with Crippen LogP contribution in [0.3, 0.4) is 0 Å². The summed E-state index contributed by atoms with van der Waals surface area (Å²) < 4.78 is 28.8. The van der Waals surface area contributed by atoms with Crippen LogP contribution in [-0.2, 0) is 21.2 Å². The summed E-state index contributed by atoms with van der Waals surface area (Å²) in [6.07, 6.45) is 4.06. The van der Waals surface area contributed by atoms with Gasteiger partial charge >= 0.3 is 0 Å². The highest BCUT2D eigenvalue weighted by atomic mass is 32.2. The van der Waals surface area contributed by atoms with Crippen LogP contribution in [0.15, 0.2) is 47.4 Å². The second-order valence-corrected chi connectivity index (χ2v) is 9.63. The molecule has 2 amide bonds. The van der Waals surface area contributed by atoms with Gasteiger partial charge in [0.25, 0.3) is 15.9 Å². The van der Waals surface area contributed by atoms with Crippen molar-refractivity contribution in [2.75, 3.05) is 29.3 Å². The number of nitrogens with zero attached hydrogens (tertiary/aromatic N) is 2. The fraction of sp³-hybridized carbons (Fsp3) is 0.391. The number of anilines is 2. The van der Waals surface area contributed by atoms with E-state index in [2.05, 4.69) is 4.72 Å². The van der Waals surface area contributed by atoms with Crippen LogP contribution in [0.1, 0.15) is 48.5 Å². The highest BCUT2D eigenvalue weighted by Crippen LogP contribution is 2.31. The van der Waals surface area contributed by atoms with Gasteiger partial charge in [0.1, 0.15) is 0 Å². The minimum atomic E-state index is -3.89. The third-order valence-corrected chi connectivity index (χ3v) is 7.27. The number of fused-ring (bicyclic) bond motifs is 1. The molecule has 7 nitrogen and oxygen atoms in total. The normalized spacial score (nSPS) is 16.2. The molecule has 2 aliphatic rings. The van der Waals surface area contributed by atoms with Crippen molar-refractivity contribution in [3.63, 3.8) is 0 Å². The van der Waals surface area contributed by atoms with Gasteiger partial charge in [-0.05, 0) is 61.6 Å². The van der Waals surface area contributed by atoms with E-state index in [1.54, 1.807) is 46.2 Å². The minimum Gasteiger partial charge on any atom is -0.339 e. The van der Waals surface area contributed by atoms with Crippen LogP contribution in [0.4, 0.5) is 11.4 Å². The van der Waals surface area contributed by atoms with Crippen molar-refractivity contribution in [2.45, 2.75) is 43.9 Å². The fourth-order valence-electron chi connectivity index (χ4n) is 4.22. The summed E-state index contributed by atoms with van der Waals surface area (Å²) in [6, 6.07) is 11.5. The molecular weight excluding hydrogens is 414 g/mol. The average molecular weight is 442 g/mol. The molecule has 2 aromatic rings. The molecule has 164 valence electrons. The second-order valence-electron chi connectivity index (χ2n) is 7.94. The van der Waals surface area contributed by atoms with Crippen molar-refractivity contribution in [3.05, 3.63) is 53.6 Å². The van der Waals surface area contributed by atoms with Crippen molar-refractivity contribution in [1.29, 1.82) is 0 Å². The highest BCUT2D eigenvalue weighted by Gasteiger charge is 2.27. The molecule has 0 unspecified atom stereocenters. The summed E-state index contributed by atoms with van der Waals surface area (Å²) >= 11 is 0. The Labute approximate surface area is 183 Å². The van der Waals surface area contributed by atoms with Crippen LogP contribution >= 0.6 is 0 Å². The lowest BCUT2D eigenvalue weighted by Crippen LogP contribution is -2.36. The Morgan fingerprint density at radius 2 is 1.74 bits per heavy atom. The lowest BCUT2D eigenvalue weighted by atomic mass is 10.1. The summed E-state index contributed by atoms with van der Waals surface area (Å²) in [6.45, 7) is 3.76. The molecule has 1 saturated heterocycles. The van der Waals surface area contributed by atoms with Gasteiger partial charge in [-0.1, -0.05) is 19.1 Å². The molecule has 4 rings (SSSR count). The van der Waals surface area contributed by atoms with Gasteiger partial charge in [0.2, 0.25) is 5.91 Å². The molecule has 0 saturated carbocycles. The number of para-hydroxylation sites is 1. The zero-order chi connectivity index (χ0) is 22.0. The molecule has 0 bridgehead atoms. The van der Waals surface area contributed by atoms with Crippen molar-refractivity contribution < 1.29 is 18.0 Å². The van der Waals surface area contributed by atoms with E-state index in [1.165, 1.54) is 6.07 Å². The second kappa shape index (κ2) is 8.70. The number of nitrogens with one attached hydrogen (secondary N) is 1. The van der Waals surface area contributed by atoms with Crippen LogP contribution in [-0.4, -0.2) is 44.8 Å². The molecule has 2 aliphatic heterocycles. The van der Waals surface area contributed by atoms with Gasteiger partial charge < -0.3 is 9.80 Å². The molecule has 2 heterocycles. The van der Waals surface area contributed by atoms with Gasteiger partial charge in [-0.25, -0.2) is 8.42 Å². The summed E-state index contributed by atoms with van der Waals surface area (Å²) in [5.74, 6) is -0.127. The first-order valence-electron chi connectivity index (χ1n) is 10.7. The van der Waals surface area contributed by atoms with Crippen molar-refractivity contribution >= 4 is 33.2 Å². The molecule has 31 heavy (non-hydrogen) atoms. The molecule has 0 spiro atoms. The molecule has 2 aromatic carbocycles. The molecular formula is C23H27N3O4S. The SMILES string of the molecule is CCC(=O)N1CCc2cc(S(=O)(=O)Nc3ccccc3C(=O)N3CCCCC3)ccc21. The number of sulfonamides is 1. The number of hydrogen-bond acceptors (Lipinski definition) is 4. The number of rotatable bonds is 5. The average Bonchev–Trinajstić information content (AvgIpc) is 3.22. The summed E-state index contributed by atoms with van der Waals surface area (Å²) in [4.78, 5) is 28.7. The van der Waals surface area contributed by atoms with Crippen molar-refractivity contribution in [1.82, 2.24) is 4.90 Å². The van der Waals surface area contributed by atoms with E-state index in [0.29, 0.717) is 38.0 Å². The third kappa shape index (κ3) is 4.30. The largest absolute Gasteiger partial charge is 0.339 e. The molecule has 0 aromatic heterocycles. The first-order chi connectivity index (χ1) is 14.9. The lowest BCUT2D eigenvalue weighted by molar-refractivity contribution is -0.118. The standard InChI is InChI=1S/C23H27N3O4S/c1-2-22(27)26-15-12-17-16-18(10-11-21(17)26)31(29,30)24-20-9-5-4-8-19(20)23(28)25-13-6-3-7-14-25/h4-5,8-11,16,24H,2-3,6-7,12-15H2,1H3. The van der Waals surface area contributed by atoms with E-state index in [9.17, 15) is 18.0 Å². The topological polar surface area (TPSA) is 86.8 Å². The Bertz CT molecular complexity index is 1110. The van der Waals surface area contributed by atoms with Crippen molar-refractivity contribution in [3.8, 4) is 0 Å². The van der Waals surface area contributed by atoms with Gasteiger partial charge in [0.15, 0.2) is 0 Å². The number of carbonyl (C=O) groups is 2. The van der Waals surface area contributed by atoms with Crippen LogP contribution < -0.4 is 9.62 Å². The number of carbonyl (C=O) groups excluding carboxylic acids is 2.